The highest BCUT2D eigenvalue weighted by molar-refractivity contribution is 5.81. The number of hydrogen-bond acceptors (Lipinski definition) is 5. The first-order valence-electron chi connectivity index (χ1n) is 5.69. The number of hydrogen-bond donors (Lipinski definition) is 2. The molecule has 1 aromatic heterocycles. The van der Waals surface area contributed by atoms with Crippen molar-refractivity contribution in [3.05, 3.63) is 12.2 Å². The van der Waals surface area contributed by atoms with Crippen molar-refractivity contribution in [2.75, 3.05) is 6.54 Å². The summed E-state index contributed by atoms with van der Waals surface area (Å²) in [5.74, 6) is 0.559. The van der Waals surface area contributed by atoms with Gasteiger partial charge in [0, 0.05) is 18.5 Å². The average molecular weight is 240 g/mol. The Morgan fingerprint density at radius 2 is 2.24 bits per heavy atom. The van der Waals surface area contributed by atoms with Gasteiger partial charge >= 0.3 is 0 Å². The largest absolute Gasteiger partial charge is 0.350 e. The standard InChI is InChI=1S/C11H20N4O2/c1-8(10(16)15-11(2,3)4)12-6-5-9-13-7-14-17-9/h7-8,12H,5-6H2,1-4H3,(H,15,16). The van der Waals surface area contributed by atoms with E-state index in [9.17, 15) is 4.79 Å². The number of carbonyl (C=O) groups excluding carboxylic acids is 1. The Morgan fingerprint density at radius 3 is 2.76 bits per heavy atom. The molecule has 0 aromatic carbocycles. The summed E-state index contributed by atoms with van der Waals surface area (Å²) >= 11 is 0. The molecule has 1 amide bonds. The van der Waals surface area contributed by atoms with Crippen LogP contribution in [0.5, 0.6) is 0 Å². The molecule has 2 N–H and O–H groups in total. The molecule has 17 heavy (non-hydrogen) atoms. The van der Waals surface area contributed by atoms with Crippen LogP contribution >= 0.6 is 0 Å². The van der Waals surface area contributed by atoms with Crippen molar-refractivity contribution < 1.29 is 9.32 Å². The normalized spacial score (nSPS) is 13.4. The Hall–Kier alpha value is -1.43. The summed E-state index contributed by atoms with van der Waals surface area (Å²) in [6.07, 6.45) is 1.98. The van der Waals surface area contributed by atoms with Crippen LogP contribution in [0.3, 0.4) is 0 Å². The fourth-order valence-electron chi connectivity index (χ4n) is 1.27. The molecular formula is C11H20N4O2. The summed E-state index contributed by atoms with van der Waals surface area (Å²) in [6.45, 7) is 8.32. The Kier molecular flexibility index (Phi) is 4.62. The zero-order chi connectivity index (χ0) is 12.9. The molecule has 1 rings (SSSR count). The van der Waals surface area contributed by atoms with Gasteiger partial charge in [0.1, 0.15) is 0 Å². The first-order valence-corrected chi connectivity index (χ1v) is 5.69. The lowest BCUT2D eigenvalue weighted by Gasteiger charge is -2.23. The van der Waals surface area contributed by atoms with E-state index in [-0.39, 0.29) is 17.5 Å². The van der Waals surface area contributed by atoms with Crippen LogP contribution in [-0.2, 0) is 11.2 Å². The summed E-state index contributed by atoms with van der Waals surface area (Å²) in [7, 11) is 0. The van der Waals surface area contributed by atoms with Gasteiger partial charge in [-0.2, -0.15) is 4.98 Å². The van der Waals surface area contributed by atoms with E-state index in [0.717, 1.165) is 0 Å². The van der Waals surface area contributed by atoms with Crippen molar-refractivity contribution in [2.45, 2.75) is 45.7 Å². The fraction of sp³-hybridized carbons (Fsp3) is 0.727. The zero-order valence-corrected chi connectivity index (χ0v) is 10.8. The predicted molar refractivity (Wildman–Crippen MR) is 63.4 cm³/mol. The average Bonchev–Trinajstić information content (AvgIpc) is 2.67. The molecule has 0 saturated carbocycles. The molecule has 1 aromatic rings. The minimum Gasteiger partial charge on any atom is -0.350 e. The van der Waals surface area contributed by atoms with Gasteiger partial charge in [0.15, 0.2) is 6.33 Å². The van der Waals surface area contributed by atoms with Gasteiger partial charge in [-0.3, -0.25) is 4.79 Å². The van der Waals surface area contributed by atoms with Crippen molar-refractivity contribution in [3.63, 3.8) is 0 Å². The van der Waals surface area contributed by atoms with Gasteiger partial charge in [-0.25, -0.2) is 0 Å². The predicted octanol–water partition coefficient (Wildman–Crippen LogP) is 0.505. The fourth-order valence-corrected chi connectivity index (χ4v) is 1.27. The third-order valence-electron chi connectivity index (χ3n) is 2.09. The van der Waals surface area contributed by atoms with E-state index in [4.69, 9.17) is 4.52 Å². The van der Waals surface area contributed by atoms with Crippen molar-refractivity contribution in [1.82, 2.24) is 20.8 Å². The number of rotatable bonds is 5. The molecule has 0 aliphatic rings. The van der Waals surface area contributed by atoms with Crippen LogP contribution in [0.2, 0.25) is 0 Å². The second-order valence-corrected chi connectivity index (χ2v) is 5.00. The Bertz CT molecular complexity index is 343. The number of aromatic nitrogens is 2. The third-order valence-corrected chi connectivity index (χ3v) is 2.09. The maximum Gasteiger partial charge on any atom is 0.237 e. The molecule has 0 spiro atoms. The third kappa shape index (κ3) is 5.44. The van der Waals surface area contributed by atoms with Gasteiger partial charge in [0.2, 0.25) is 11.8 Å². The molecule has 1 unspecified atom stereocenters. The topological polar surface area (TPSA) is 80.1 Å². The highest BCUT2D eigenvalue weighted by Gasteiger charge is 2.18. The van der Waals surface area contributed by atoms with E-state index < -0.39 is 0 Å². The number of nitrogens with one attached hydrogen (secondary N) is 2. The van der Waals surface area contributed by atoms with Crippen LogP contribution in [0.1, 0.15) is 33.6 Å². The van der Waals surface area contributed by atoms with Crippen LogP contribution in [-0.4, -0.2) is 34.2 Å². The first-order chi connectivity index (χ1) is 7.88. The van der Waals surface area contributed by atoms with Gasteiger partial charge in [-0.1, -0.05) is 5.16 Å². The van der Waals surface area contributed by atoms with Gasteiger partial charge in [-0.05, 0) is 27.7 Å². The maximum absolute atomic E-state index is 11.7. The monoisotopic (exact) mass is 240 g/mol. The summed E-state index contributed by atoms with van der Waals surface area (Å²) in [6, 6.07) is -0.239. The quantitative estimate of drug-likeness (QED) is 0.783. The minimum atomic E-state index is -0.239. The molecule has 1 heterocycles. The van der Waals surface area contributed by atoms with Crippen LogP contribution in [0.4, 0.5) is 0 Å². The number of amides is 1. The van der Waals surface area contributed by atoms with Crippen LogP contribution in [0.15, 0.2) is 10.9 Å². The van der Waals surface area contributed by atoms with Gasteiger partial charge < -0.3 is 15.2 Å². The SMILES string of the molecule is CC(NCCc1ncno1)C(=O)NC(C)(C)C. The van der Waals surface area contributed by atoms with E-state index in [1.54, 1.807) is 0 Å². The van der Waals surface area contributed by atoms with Crippen molar-refractivity contribution in [1.29, 1.82) is 0 Å². The van der Waals surface area contributed by atoms with E-state index in [1.165, 1.54) is 6.33 Å². The summed E-state index contributed by atoms with van der Waals surface area (Å²) in [4.78, 5) is 15.6. The smallest absolute Gasteiger partial charge is 0.237 e. The van der Waals surface area contributed by atoms with Crippen LogP contribution in [0, 0.1) is 0 Å². The minimum absolute atomic E-state index is 0.0111. The van der Waals surface area contributed by atoms with Crippen molar-refractivity contribution in [2.24, 2.45) is 0 Å². The molecule has 96 valence electrons. The van der Waals surface area contributed by atoms with E-state index in [0.29, 0.717) is 18.9 Å². The molecule has 0 radical (unpaired) electrons. The zero-order valence-electron chi connectivity index (χ0n) is 10.8. The molecule has 0 bridgehead atoms. The lowest BCUT2D eigenvalue weighted by Crippen LogP contribution is -2.49. The molecule has 0 saturated heterocycles. The Balaban J connectivity index is 2.25. The highest BCUT2D eigenvalue weighted by atomic mass is 16.5. The van der Waals surface area contributed by atoms with Gasteiger partial charge in [0.25, 0.3) is 0 Å². The molecule has 0 fully saturated rings. The Morgan fingerprint density at radius 1 is 1.53 bits per heavy atom. The molecule has 6 nitrogen and oxygen atoms in total. The summed E-state index contributed by atoms with van der Waals surface area (Å²) in [5, 5.41) is 9.52. The molecule has 1 atom stereocenters. The van der Waals surface area contributed by atoms with Crippen LogP contribution in [0.25, 0.3) is 0 Å². The van der Waals surface area contributed by atoms with Crippen LogP contribution < -0.4 is 10.6 Å². The van der Waals surface area contributed by atoms with Crippen molar-refractivity contribution >= 4 is 5.91 Å². The molecule has 0 aliphatic heterocycles. The van der Waals surface area contributed by atoms with Crippen molar-refractivity contribution in [3.8, 4) is 0 Å². The lowest BCUT2D eigenvalue weighted by molar-refractivity contribution is -0.124. The van der Waals surface area contributed by atoms with E-state index in [2.05, 4.69) is 20.8 Å². The lowest BCUT2D eigenvalue weighted by atomic mass is 10.1. The van der Waals surface area contributed by atoms with Gasteiger partial charge in [0.05, 0.1) is 6.04 Å². The van der Waals surface area contributed by atoms with E-state index in [1.807, 2.05) is 27.7 Å². The second-order valence-electron chi connectivity index (χ2n) is 5.00. The second kappa shape index (κ2) is 5.77. The molecule has 0 aliphatic carbocycles. The van der Waals surface area contributed by atoms with E-state index >= 15 is 0 Å². The Labute approximate surface area is 101 Å². The molecule has 6 heteroatoms. The number of nitrogens with zero attached hydrogens (tertiary/aromatic N) is 2. The van der Waals surface area contributed by atoms with Gasteiger partial charge in [-0.15, -0.1) is 0 Å². The first kappa shape index (κ1) is 13.6. The number of carbonyl (C=O) groups is 1. The highest BCUT2D eigenvalue weighted by Crippen LogP contribution is 1.99. The molecular weight excluding hydrogens is 220 g/mol. The summed E-state index contributed by atoms with van der Waals surface area (Å²) < 4.78 is 4.85. The summed E-state index contributed by atoms with van der Waals surface area (Å²) in [5.41, 5.74) is -0.209. The maximum atomic E-state index is 11.7.